The number of amides is 1. The lowest BCUT2D eigenvalue weighted by Crippen LogP contribution is -2.41. The monoisotopic (exact) mass is 313 g/mol. The van der Waals surface area contributed by atoms with E-state index >= 15 is 0 Å². The fraction of sp³-hybridized carbons (Fsp3) is 0.111. The van der Waals surface area contributed by atoms with Gasteiger partial charge in [-0.2, -0.15) is 0 Å². The summed E-state index contributed by atoms with van der Waals surface area (Å²) in [5.74, 6) is -1.98. The Morgan fingerprint density at radius 1 is 1.09 bits per heavy atom. The lowest BCUT2D eigenvalue weighted by Gasteiger charge is -2.13. The second-order valence-electron chi connectivity index (χ2n) is 4.97. The third-order valence-corrected chi connectivity index (χ3v) is 3.19. The largest absolute Gasteiger partial charge is 0.480 e. The molecule has 2 N–H and O–H groups in total. The number of benzene rings is 2. The van der Waals surface area contributed by atoms with Crippen LogP contribution in [0.4, 0.5) is 4.39 Å². The van der Waals surface area contributed by atoms with Gasteiger partial charge in [0.2, 0.25) is 5.91 Å². The molecule has 2 rings (SSSR count). The quantitative estimate of drug-likeness (QED) is 0.806. The Morgan fingerprint density at radius 2 is 1.74 bits per heavy atom. The van der Waals surface area contributed by atoms with Crippen molar-refractivity contribution in [3.05, 3.63) is 77.6 Å². The van der Waals surface area contributed by atoms with Gasteiger partial charge in [-0.05, 0) is 29.3 Å². The van der Waals surface area contributed by atoms with Crippen LogP contribution in [-0.4, -0.2) is 23.0 Å². The van der Waals surface area contributed by atoms with Gasteiger partial charge in [-0.25, -0.2) is 9.18 Å². The lowest BCUT2D eigenvalue weighted by atomic mass is 10.1. The van der Waals surface area contributed by atoms with Gasteiger partial charge in [0.15, 0.2) is 0 Å². The maximum absolute atomic E-state index is 12.8. The van der Waals surface area contributed by atoms with E-state index in [0.29, 0.717) is 5.56 Å². The van der Waals surface area contributed by atoms with E-state index in [2.05, 4.69) is 5.32 Å². The second-order valence-corrected chi connectivity index (χ2v) is 4.97. The smallest absolute Gasteiger partial charge is 0.326 e. The van der Waals surface area contributed by atoms with Gasteiger partial charge in [0.05, 0.1) is 0 Å². The zero-order chi connectivity index (χ0) is 16.7. The fourth-order valence-corrected chi connectivity index (χ4v) is 2.02. The summed E-state index contributed by atoms with van der Waals surface area (Å²) < 4.78 is 12.8. The minimum absolute atomic E-state index is 0.201. The van der Waals surface area contributed by atoms with Crippen molar-refractivity contribution in [2.45, 2.75) is 12.5 Å². The number of carboxylic acid groups (broad SMARTS) is 1. The standard InChI is InChI=1S/C18H16FNO3/c19-15-9-6-13(7-10-15)8-11-17(21)20-16(18(22)23)12-14-4-2-1-3-5-14/h1-11,16H,12H2,(H,20,21)(H,22,23)/t16-/m0/s1. The van der Waals surface area contributed by atoms with Crippen molar-refractivity contribution in [1.29, 1.82) is 0 Å². The molecule has 0 unspecified atom stereocenters. The summed E-state index contributed by atoms with van der Waals surface area (Å²) in [5.41, 5.74) is 1.47. The number of carboxylic acids is 1. The van der Waals surface area contributed by atoms with Gasteiger partial charge in [-0.1, -0.05) is 42.5 Å². The zero-order valence-electron chi connectivity index (χ0n) is 12.3. The van der Waals surface area contributed by atoms with Gasteiger partial charge in [0.25, 0.3) is 0 Å². The molecule has 0 saturated carbocycles. The van der Waals surface area contributed by atoms with Gasteiger partial charge in [-0.3, -0.25) is 4.79 Å². The molecular weight excluding hydrogens is 297 g/mol. The maximum atomic E-state index is 12.8. The predicted molar refractivity (Wildman–Crippen MR) is 85.1 cm³/mol. The van der Waals surface area contributed by atoms with Crippen molar-refractivity contribution >= 4 is 18.0 Å². The SMILES string of the molecule is O=C(C=Cc1ccc(F)cc1)N[C@@H](Cc1ccccc1)C(=O)O. The summed E-state index contributed by atoms with van der Waals surface area (Å²) in [4.78, 5) is 23.1. The molecule has 0 saturated heterocycles. The van der Waals surface area contributed by atoms with Gasteiger partial charge >= 0.3 is 5.97 Å². The molecule has 1 amide bonds. The highest BCUT2D eigenvalue weighted by atomic mass is 19.1. The number of halogens is 1. The molecule has 0 aliphatic heterocycles. The molecule has 0 bridgehead atoms. The highest BCUT2D eigenvalue weighted by Gasteiger charge is 2.19. The molecule has 1 atom stereocenters. The Hall–Kier alpha value is -2.95. The van der Waals surface area contributed by atoms with Crippen LogP contribution in [0.1, 0.15) is 11.1 Å². The average Bonchev–Trinajstić information content (AvgIpc) is 2.54. The molecule has 2 aromatic rings. The van der Waals surface area contributed by atoms with Crippen LogP contribution in [0.25, 0.3) is 6.08 Å². The van der Waals surface area contributed by atoms with Crippen molar-refractivity contribution < 1.29 is 19.1 Å². The summed E-state index contributed by atoms with van der Waals surface area (Å²) in [6.45, 7) is 0. The number of rotatable bonds is 6. The zero-order valence-corrected chi connectivity index (χ0v) is 12.3. The molecule has 4 nitrogen and oxygen atoms in total. The first-order valence-corrected chi connectivity index (χ1v) is 7.05. The summed E-state index contributed by atoms with van der Waals surface area (Å²) >= 11 is 0. The summed E-state index contributed by atoms with van der Waals surface area (Å²) in [5, 5.41) is 11.7. The van der Waals surface area contributed by atoms with Crippen LogP contribution in [0.5, 0.6) is 0 Å². The highest BCUT2D eigenvalue weighted by molar-refractivity contribution is 5.94. The van der Waals surface area contributed by atoms with Crippen LogP contribution in [0.3, 0.4) is 0 Å². The molecule has 2 aromatic carbocycles. The molecule has 23 heavy (non-hydrogen) atoms. The maximum Gasteiger partial charge on any atom is 0.326 e. The topological polar surface area (TPSA) is 66.4 Å². The molecule has 0 aliphatic rings. The first-order chi connectivity index (χ1) is 11.0. The Kier molecular flexibility index (Phi) is 5.63. The summed E-state index contributed by atoms with van der Waals surface area (Å²) in [7, 11) is 0. The van der Waals surface area contributed by atoms with Crippen LogP contribution in [0.2, 0.25) is 0 Å². The number of carbonyl (C=O) groups is 2. The molecule has 5 heteroatoms. The van der Waals surface area contributed by atoms with Crippen LogP contribution in [0, 0.1) is 5.82 Å². The van der Waals surface area contributed by atoms with Gasteiger partial charge in [0, 0.05) is 12.5 Å². The van der Waals surface area contributed by atoms with Gasteiger partial charge < -0.3 is 10.4 Å². The van der Waals surface area contributed by atoms with Crippen molar-refractivity contribution in [2.24, 2.45) is 0 Å². The van der Waals surface area contributed by atoms with Crippen molar-refractivity contribution in [2.75, 3.05) is 0 Å². The van der Waals surface area contributed by atoms with E-state index in [0.717, 1.165) is 5.56 Å². The minimum Gasteiger partial charge on any atom is -0.480 e. The van der Waals surface area contributed by atoms with Crippen LogP contribution < -0.4 is 5.32 Å². The van der Waals surface area contributed by atoms with Crippen molar-refractivity contribution in [3.8, 4) is 0 Å². The average molecular weight is 313 g/mol. The number of aliphatic carboxylic acids is 1. The van der Waals surface area contributed by atoms with E-state index < -0.39 is 17.9 Å². The summed E-state index contributed by atoms with van der Waals surface area (Å²) in [6, 6.07) is 13.7. The third kappa shape index (κ3) is 5.39. The Balaban J connectivity index is 1.98. The molecular formula is C18H16FNO3. The molecule has 118 valence electrons. The second kappa shape index (κ2) is 7.89. The predicted octanol–water partition coefficient (Wildman–Crippen LogP) is 2.65. The van der Waals surface area contributed by atoms with E-state index in [1.807, 2.05) is 18.2 Å². The summed E-state index contributed by atoms with van der Waals surface area (Å²) in [6.07, 6.45) is 2.93. The molecule has 0 fully saturated rings. The van der Waals surface area contributed by atoms with Crippen LogP contribution in [-0.2, 0) is 16.0 Å². The number of carbonyl (C=O) groups excluding carboxylic acids is 1. The third-order valence-electron chi connectivity index (χ3n) is 3.19. The Morgan fingerprint density at radius 3 is 2.35 bits per heavy atom. The lowest BCUT2D eigenvalue weighted by molar-refractivity contribution is -0.141. The number of nitrogens with one attached hydrogen (secondary N) is 1. The molecule has 0 aromatic heterocycles. The number of hydrogen-bond acceptors (Lipinski definition) is 2. The molecule has 0 aliphatic carbocycles. The first-order valence-electron chi connectivity index (χ1n) is 7.05. The molecule has 0 radical (unpaired) electrons. The number of hydrogen-bond donors (Lipinski definition) is 2. The van der Waals surface area contributed by atoms with Gasteiger partial charge in [0.1, 0.15) is 11.9 Å². The van der Waals surface area contributed by atoms with Crippen molar-refractivity contribution in [1.82, 2.24) is 5.32 Å². The highest BCUT2D eigenvalue weighted by Crippen LogP contribution is 2.06. The van der Waals surface area contributed by atoms with E-state index in [4.69, 9.17) is 0 Å². The van der Waals surface area contributed by atoms with E-state index in [1.165, 1.54) is 36.4 Å². The first kappa shape index (κ1) is 16.4. The Bertz CT molecular complexity index is 696. The minimum atomic E-state index is -1.10. The van der Waals surface area contributed by atoms with Crippen LogP contribution >= 0.6 is 0 Å². The molecule has 0 heterocycles. The Labute approximate surface area is 133 Å². The van der Waals surface area contributed by atoms with Gasteiger partial charge in [-0.15, -0.1) is 0 Å². The van der Waals surface area contributed by atoms with E-state index in [1.54, 1.807) is 12.1 Å². The normalized spacial score (nSPS) is 12.0. The molecule has 0 spiro atoms. The van der Waals surface area contributed by atoms with E-state index in [-0.39, 0.29) is 12.2 Å². The fourth-order valence-electron chi connectivity index (χ4n) is 2.02. The van der Waals surface area contributed by atoms with E-state index in [9.17, 15) is 19.1 Å². The van der Waals surface area contributed by atoms with Crippen molar-refractivity contribution in [3.63, 3.8) is 0 Å². The van der Waals surface area contributed by atoms with Crippen LogP contribution in [0.15, 0.2) is 60.7 Å².